The zero-order valence-corrected chi connectivity index (χ0v) is 12.2. The van der Waals surface area contributed by atoms with Gasteiger partial charge in [-0.2, -0.15) is 0 Å². The molecule has 0 fully saturated rings. The minimum Gasteiger partial charge on any atom is -0.362 e. The Labute approximate surface area is 105 Å². The number of ketones is 1. The first-order valence-electron chi connectivity index (χ1n) is 6.24. The van der Waals surface area contributed by atoms with E-state index in [1.165, 1.54) is 0 Å². The Morgan fingerprint density at radius 3 is 2.06 bits per heavy atom. The van der Waals surface area contributed by atoms with Crippen LogP contribution in [0.4, 0.5) is 0 Å². The number of hydrogen-bond donors (Lipinski definition) is 1. The molecule has 2 heteroatoms. The highest BCUT2D eigenvalue weighted by Crippen LogP contribution is 2.36. The molecule has 2 nitrogen and oxygen atoms in total. The summed E-state index contributed by atoms with van der Waals surface area (Å²) in [6.07, 6.45) is 0.891. The highest BCUT2D eigenvalue weighted by molar-refractivity contribution is 6.01. The minimum atomic E-state index is -0.308. The summed E-state index contributed by atoms with van der Waals surface area (Å²) in [5, 5.41) is 0. The number of Topliss-reactive ketones (excluding diaryl/α,β-unsaturated/α-hetero) is 1. The molecule has 0 amide bonds. The van der Waals surface area contributed by atoms with Gasteiger partial charge in [-0.05, 0) is 31.7 Å². The van der Waals surface area contributed by atoms with Crippen molar-refractivity contribution in [1.29, 1.82) is 0 Å². The van der Waals surface area contributed by atoms with Crippen LogP contribution < -0.4 is 0 Å². The van der Waals surface area contributed by atoms with Crippen molar-refractivity contribution in [2.75, 3.05) is 0 Å². The van der Waals surface area contributed by atoms with E-state index in [1.807, 2.05) is 33.8 Å². The van der Waals surface area contributed by atoms with E-state index in [4.69, 9.17) is 0 Å². The van der Waals surface area contributed by atoms with Crippen LogP contribution in [0.3, 0.4) is 0 Å². The maximum atomic E-state index is 12.6. The summed E-state index contributed by atoms with van der Waals surface area (Å²) in [6, 6.07) is 1.96. The number of aromatic amines is 1. The monoisotopic (exact) mass is 235 g/mol. The lowest BCUT2D eigenvalue weighted by atomic mass is 9.72. The van der Waals surface area contributed by atoms with E-state index in [-0.39, 0.29) is 16.6 Å². The molecule has 1 aromatic rings. The van der Waals surface area contributed by atoms with Gasteiger partial charge in [0.2, 0.25) is 0 Å². The zero-order valence-electron chi connectivity index (χ0n) is 12.2. The highest BCUT2D eigenvalue weighted by Gasteiger charge is 2.34. The molecule has 0 radical (unpaired) electrons. The molecule has 0 saturated carbocycles. The Balaban J connectivity index is 3.00. The number of nitrogens with one attached hydrogen (secondary N) is 1. The second kappa shape index (κ2) is 4.32. The van der Waals surface area contributed by atoms with Crippen molar-refractivity contribution < 1.29 is 4.79 Å². The average Bonchev–Trinajstić information content (AvgIpc) is 2.39. The molecule has 1 rings (SSSR count). The van der Waals surface area contributed by atoms with Crippen LogP contribution >= 0.6 is 0 Å². The molecule has 0 spiro atoms. The molecule has 0 bridgehead atoms. The molecule has 0 aliphatic carbocycles. The molecular weight excluding hydrogens is 210 g/mol. The van der Waals surface area contributed by atoms with Crippen LogP contribution in [0, 0.1) is 24.7 Å². The zero-order chi connectivity index (χ0) is 13.4. The fraction of sp³-hybridized carbons (Fsp3) is 0.667. The van der Waals surface area contributed by atoms with Gasteiger partial charge >= 0.3 is 0 Å². The molecule has 0 saturated heterocycles. The van der Waals surface area contributed by atoms with Crippen molar-refractivity contribution in [3.05, 3.63) is 23.0 Å². The van der Waals surface area contributed by atoms with Gasteiger partial charge in [-0.15, -0.1) is 0 Å². The first kappa shape index (κ1) is 14.0. The maximum Gasteiger partial charge on any atom is 0.170 e. The third-order valence-electron chi connectivity index (χ3n) is 2.98. The third kappa shape index (κ3) is 3.45. The van der Waals surface area contributed by atoms with E-state index in [0.717, 1.165) is 23.4 Å². The Morgan fingerprint density at radius 1 is 1.18 bits per heavy atom. The van der Waals surface area contributed by atoms with E-state index in [1.54, 1.807) is 0 Å². The highest BCUT2D eigenvalue weighted by atomic mass is 16.1. The molecule has 1 aromatic heterocycles. The number of aryl methyl sites for hydroxylation is 2. The smallest absolute Gasteiger partial charge is 0.170 e. The second-order valence-electron chi connectivity index (χ2n) is 6.94. The van der Waals surface area contributed by atoms with E-state index in [9.17, 15) is 4.79 Å². The van der Waals surface area contributed by atoms with Gasteiger partial charge in [0.25, 0.3) is 0 Å². The lowest BCUT2D eigenvalue weighted by molar-refractivity contribution is 0.0770. The van der Waals surface area contributed by atoms with Crippen LogP contribution in [-0.2, 0) is 0 Å². The van der Waals surface area contributed by atoms with Crippen LogP contribution in [0.15, 0.2) is 6.07 Å². The van der Waals surface area contributed by atoms with Gasteiger partial charge in [0.05, 0.1) is 0 Å². The molecule has 0 unspecified atom stereocenters. The van der Waals surface area contributed by atoms with Crippen LogP contribution in [0.5, 0.6) is 0 Å². The molecule has 0 aliphatic heterocycles. The first-order valence-corrected chi connectivity index (χ1v) is 6.24. The molecule has 1 heterocycles. The van der Waals surface area contributed by atoms with Crippen molar-refractivity contribution in [2.24, 2.45) is 10.8 Å². The number of aromatic nitrogens is 1. The van der Waals surface area contributed by atoms with E-state index in [2.05, 4.69) is 25.8 Å². The average molecular weight is 235 g/mol. The summed E-state index contributed by atoms with van der Waals surface area (Å²) in [6.45, 7) is 14.6. The molecular formula is C15H25NO. The van der Waals surface area contributed by atoms with Gasteiger partial charge in [-0.3, -0.25) is 4.79 Å². The number of H-pyrrole nitrogens is 1. The maximum absolute atomic E-state index is 12.6. The molecule has 0 aromatic carbocycles. The van der Waals surface area contributed by atoms with Crippen molar-refractivity contribution in [1.82, 2.24) is 4.98 Å². The van der Waals surface area contributed by atoms with E-state index in [0.29, 0.717) is 0 Å². The van der Waals surface area contributed by atoms with Crippen molar-refractivity contribution in [2.45, 2.75) is 54.9 Å². The Bertz CT molecular complexity index is 419. The Morgan fingerprint density at radius 2 is 1.71 bits per heavy atom. The van der Waals surface area contributed by atoms with E-state index < -0.39 is 0 Å². The standard InChI is InChI=1S/C15H25NO/c1-10-8-12(11(2)16-10)13(17)15(6,7)9-14(3,4)5/h8,16H,9H2,1-7H3. The predicted octanol–water partition coefficient (Wildman–Crippen LogP) is 4.28. The van der Waals surface area contributed by atoms with Gasteiger partial charge in [0.1, 0.15) is 0 Å². The molecule has 0 atom stereocenters. The largest absolute Gasteiger partial charge is 0.362 e. The number of hydrogen-bond acceptors (Lipinski definition) is 1. The van der Waals surface area contributed by atoms with Gasteiger partial charge in [-0.1, -0.05) is 34.6 Å². The van der Waals surface area contributed by atoms with Gasteiger partial charge < -0.3 is 4.98 Å². The Hall–Kier alpha value is -1.05. The lowest BCUT2D eigenvalue weighted by Crippen LogP contribution is -2.29. The predicted molar refractivity (Wildman–Crippen MR) is 72.5 cm³/mol. The fourth-order valence-corrected chi connectivity index (χ4v) is 2.73. The van der Waals surface area contributed by atoms with Gasteiger partial charge in [0, 0.05) is 22.4 Å². The molecule has 17 heavy (non-hydrogen) atoms. The summed E-state index contributed by atoms with van der Waals surface area (Å²) in [5.41, 5.74) is 2.74. The number of rotatable bonds is 3. The summed E-state index contributed by atoms with van der Waals surface area (Å²) in [7, 11) is 0. The van der Waals surface area contributed by atoms with Crippen molar-refractivity contribution in [3.8, 4) is 0 Å². The van der Waals surface area contributed by atoms with Crippen molar-refractivity contribution in [3.63, 3.8) is 0 Å². The second-order valence-corrected chi connectivity index (χ2v) is 6.94. The first-order chi connectivity index (χ1) is 7.53. The van der Waals surface area contributed by atoms with Crippen molar-refractivity contribution >= 4 is 5.78 Å². The van der Waals surface area contributed by atoms with Crippen LogP contribution in [0.2, 0.25) is 0 Å². The van der Waals surface area contributed by atoms with E-state index >= 15 is 0 Å². The van der Waals surface area contributed by atoms with Crippen LogP contribution in [0.25, 0.3) is 0 Å². The summed E-state index contributed by atoms with van der Waals surface area (Å²) in [5.74, 6) is 0.245. The quantitative estimate of drug-likeness (QED) is 0.779. The summed E-state index contributed by atoms with van der Waals surface area (Å²) >= 11 is 0. The van der Waals surface area contributed by atoms with Gasteiger partial charge in [0.15, 0.2) is 5.78 Å². The molecule has 1 N–H and O–H groups in total. The summed E-state index contributed by atoms with van der Waals surface area (Å²) in [4.78, 5) is 15.8. The topological polar surface area (TPSA) is 32.9 Å². The fourth-order valence-electron chi connectivity index (χ4n) is 2.73. The molecule has 0 aliphatic rings. The molecule has 96 valence electrons. The normalized spacial score (nSPS) is 12.9. The van der Waals surface area contributed by atoms with Crippen LogP contribution in [0.1, 0.15) is 62.8 Å². The number of carbonyl (C=O) groups is 1. The minimum absolute atomic E-state index is 0.165. The Kier molecular flexibility index (Phi) is 3.56. The third-order valence-corrected chi connectivity index (χ3v) is 2.98. The lowest BCUT2D eigenvalue weighted by Gasteiger charge is -2.31. The SMILES string of the molecule is Cc1cc(C(=O)C(C)(C)CC(C)(C)C)c(C)[nH]1. The number of carbonyl (C=O) groups excluding carboxylic acids is 1. The summed E-state index contributed by atoms with van der Waals surface area (Å²) < 4.78 is 0. The van der Waals surface area contributed by atoms with Gasteiger partial charge in [-0.25, -0.2) is 0 Å². The van der Waals surface area contributed by atoms with Crippen LogP contribution in [-0.4, -0.2) is 10.8 Å².